The van der Waals surface area contributed by atoms with Crippen molar-refractivity contribution in [2.45, 2.75) is 10.8 Å². The minimum atomic E-state index is -0.0619. The smallest absolute Gasteiger partial charge is 0.188 e. The Morgan fingerprint density at radius 2 is 2.30 bits per heavy atom. The molecule has 0 aliphatic carbocycles. The first-order valence-electron chi connectivity index (χ1n) is 2.72. The minimum absolute atomic E-state index is 0.0619. The van der Waals surface area contributed by atoms with Gasteiger partial charge < -0.3 is 0 Å². The summed E-state index contributed by atoms with van der Waals surface area (Å²) >= 11 is 4.11. The fourth-order valence-electron chi connectivity index (χ4n) is 0.601. The van der Waals surface area contributed by atoms with Crippen LogP contribution in [0.4, 0.5) is 0 Å². The zero-order chi connectivity index (χ0) is 7.72. The molecular formula is C6H5I2NO. The van der Waals surface area contributed by atoms with Crippen LogP contribution in [0, 0.1) is 0 Å². The lowest BCUT2D eigenvalue weighted by Gasteiger charge is -2.08. The Bertz CT molecular complexity index is 232. The van der Waals surface area contributed by atoms with Crippen LogP contribution in [0.1, 0.15) is 6.92 Å². The predicted octanol–water partition coefficient (Wildman–Crippen LogP) is 2.11. The van der Waals surface area contributed by atoms with Crippen LogP contribution < -0.4 is 0 Å². The first kappa shape index (κ1) is 8.63. The summed E-state index contributed by atoms with van der Waals surface area (Å²) < 4.78 is 0.702. The number of aliphatic imine (C=N–C) groups is 1. The quantitative estimate of drug-likeness (QED) is 0.480. The molecule has 1 atom stereocenters. The van der Waals surface area contributed by atoms with Gasteiger partial charge in [0, 0.05) is 6.21 Å². The zero-order valence-corrected chi connectivity index (χ0v) is 9.58. The molecule has 1 unspecified atom stereocenters. The van der Waals surface area contributed by atoms with Crippen molar-refractivity contribution in [3.05, 3.63) is 9.28 Å². The molecule has 0 aromatic rings. The van der Waals surface area contributed by atoms with Crippen molar-refractivity contribution >= 4 is 57.2 Å². The molecule has 1 rings (SSSR count). The average Bonchev–Trinajstić information content (AvgIpc) is 1.93. The van der Waals surface area contributed by atoms with Gasteiger partial charge in [0.1, 0.15) is 3.92 Å². The molecule has 1 aliphatic rings. The Morgan fingerprint density at radius 1 is 1.70 bits per heavy atom. The lowest BCUT2D eigenvalue weighted by Crippen LogP contribution is -2.19. The molecule has 10 heavy (non-hydrogen) atoms. The third-order valence-corrected chi connectivity index (χ3v) is 3.38. The standard InChI is InChI=1S/C6H5I2NO/c1-3-5(8)6(10)4(7)2-9-3/h2,4H,1H3. The monoisotopic (exact) mass is 361 g/mol. The maximum Gasteiger partial charge on any atom is 0.188 e. The SMILES string of the molecule is CC1=C(I)C(=O)C(I)C=N1. The number of alkyl halides is 1. The Labute approximate surface area is 86.4 Å². The Kier molecular flexibility index (Phi) is 2.84. The summed E-state index contributed by atoms with van der Waals surface area (Å²) in [6, 6.07) is 0. The maximum atomic E-state index is 11.2. The van der Waals surface area contributed by atoms with E-state index in [1.807, 2.05) is 29.5 Å². The van der Waals surface area contributed by atoms with Crippen LogP contribution in [0.2, 0.25) is 0 Å². The van der Waals surface area contributed by atoms with Crippen LogP contribution >= 0.6 is 45.2 Å². The zero-order valence-electron chi connectivity index (χ0n) is 5.27. The highest BCUT2D eigenvalue weighted by Crippen LogP contribution is 2.22. The van der Waals surface area contributed by atoms with E-state index in [1.54, 1.807) is 6.21 Å². The number of rotatable bonds is 0. The van der Waals surface area contributed by atoms with Crippen molar-refractivity contribution in [1.29, 1.82) is 0 Å². The van der Waals surface area contributed by atoms with Crippen LogP contribution in [0.5, 0.6) is 0 Å². The summed E-state index contributed by atoms with van der Waals surface area (Å²) in [5, 5.41) is 0. The summed E-state index contributed by atoms with van der Waals surface area (Å²) in [6.45, 7) is 1.85. The van der Waals surface area contributed by atoms with Gasteiger partial charge in [0.25, 0.3) is 0 Å². The van der Waals surface area contributed by atoms with Crippen molar-refractivity contribution in [2.75, 3.05) is 0 Å². The normalized spacial score (nSPS) is 25.9. The first-order valence-corrected chi connectivity index (χ1v) is 5.04. The second-order valence-electron chi connectivity index (χ2n) is 1.94. The molecule has 54 valence electrons. The molecule has 0 fully saturated rings. The number of carbonyl (C=O) groups is 1. The average molecular weight is 361 g/mol. The molecule has 1 heterocycles. The maximum absolute atomic E-state index is 11.2. The second-order valence-corrected chi connectivity index (χ2v) is 4.36. The molecule has 0 saturated heterocycles. The molecule has 0 amide bonds. The highest BCUT2D eigenvalue weighted by Gasteiger charge is 2.20. The van der Waals surface area contributed by atoms with Gasteiger partial charge in [-0.15, -0.1) is 0 Å². The summed E-state index contributed by atoms with van der Waals surface area (Å²) in [5.74, 6) is 0.175. The molecule has 2 nitrogen and oxygen atoms in total. The summed E-state index contributed by atoms with van der Waals surface area (Å²) in [7, 11) is 0. The lowest BCUT2D eigenvalue weighted by molar-refractivity contribution is -0.113. The van der Waals surface area contributed by atoms with E-state index in [4.69, 9.17) is 0 Å². The lowest BCUT2D eigenvalue weighted by atomic mass is 10.2. The van der Waals surface area contributed by atoms with Crippen LogP contribution in [-0.2, 0) is 4.79 Å². The highest BCUT2D eigenvalue weighted by atomic mass is 127. The predicted molar refractivity (Wildman–Crippen MR) is 58.0 cm³/mol. The fraction of sp³-hybridized carbons (Fsp3) is 0.333. The summed E-state index contributed by atoms with van der Waals surface area (Å²) in [4.78, 5) is 15.2. The van der Waals surface area contributed by atoms with Crippen molar-refractivity contribution < 1.29 is 4.79 Å². The van der Waals surface area contributed by atoms with E-state index < -0.39 is 0 Å². The largest absolute Gasteiger partial charge is 0.292 e. The van der Waals surface area contributed by atoms with Crippen LogP contribution in [0.15, 0.2) is 14.3 Å². The molecule has 0 bridgehead atoms. The Balaban J connectivity index is 3.00. The van der Waals surface area contributed by atoms with Crippen molar-refractivity contribution in [3.63, 3.8) is 0 Å². The molecule has 0 saturated carbocycles. The number of hydrogen-bond acceptors (Lipinski definition) is 2. The number of Topliss-reactive ketones (excluding diaryl/α,β-unsaturated/α-hetero) is 1. The van der Waals surface area contributed by atoms with E-state index in [9.17, 15) is 4.79 Å². The number of hydrogen-bond donors (Lipinski definition) is 0. The number of ketones is 1. The van der Waals surface area contributed by atoms with E-state index in [-0.39, 0.29) is 9.71 Å². The highest BCUT2D eigenvalue weighted by molar-refractivity contribution is 14.1. The third kappa shape index (κ3) is 1.58. The van der Waals surface area contributed by atoms with Gasteiger partial charge in [0.2, 0.25) is 0 Å². The van der Waals surface area contributed by atoms with Gasteiger partial charge >= 0.3 is 0 Å². The van der Waals surface area contributed by atoms with Gasteiger partial charge in [0.05, 0.1) is 9.28 Å². The molecule has 0 N–H and O–H groups in total. The molecule has 0 spiro atoms. The molecule has 0 radical (unpaired) electrons. The molecular weight excluding hydrogens is 356 g/mol. The molecule has 0 aromatic carbocycles. The number of nitrogens with zero attached hydrogens (tertiary/aromatic N) is 1. The van der Waals surface area contributed by atoms with E-state index in [2.05, 4.69) is 27.6 Å². The molecule has 4 heteroatoms. The Hall–Kier alpha value is 0.540. The van der Waals surface area contributed by atoms with Gasteiger partial charge in [-0.1, -0.05) is 22.6 Å². The molecule has 1 aliphatic heterocycles. The van der Waals surface area contributed by atoms with Gasteiger partial charge in [0.15, 0.2) is 5.78 Å². The topological polar surface area (TPSA) is 29.4 Å². The van der Waals surface area contributed by atoms with Gasteiger partial charge in [-0.2, -0.15) is 0 Å². The third-order valence-electron chi connectivity index (χ3n) is 1.18. The van der Waals surface area contributed by atoms with Crippen molar-refractivity contribution in [2.24, 2.45) is 4.99 Å². The molecule has 0 aromatic heterocycles. The number of allylic oxidation sites excluding steroid dienone is 2. The van der Waals surface area contributed by atoms with Crippen molar-refractivity contribution in [3.8, 4) is 0 Å². The van der Waals surface area contributed by atoms with Gasteiger partial charge in [-0.25, -0.2) is 0 Å². The van der Waals surface area contributed by atoms with Crippen molar-refractivity contribution in [1.82, 2.24) is 0 Å². The fourth-order valence-corrected chi connectivity index (χ4v) is 2.14. The van der Waals surface area contributed by atoms with E-state index in [1.165, 1.54) is 0 Å². The minimum Gasteiger partial charge on any atom is -0.292 e. The van der Waals surface area contributed by atoms with Crippen LogP contribution in [-0.4, -0.2) is 15.9 Å². The van der Waals surface area contributed by atoms with E-state index in [0.717, 1.165) is 9.28 Å². The van der Waals surface area contributed by atoms with Gasteiger partial charge in [-0.05, 0) is 29.5 Å². The van der Waals surface area contributed by atoms with Crippen LogP contribution in [0.25, 0.3) is 0 Å². The Morgan fingerprint density at radius 3 is 2.80 bits per heavy atom. The second kappa shape index (κ2) is 3.29. The number of carbonyl (C=O) groups excluding carboxylic acids is 1. The van der Waals surface area contributed by atoms with E-state index >= 15 is 0 Å². The van der Waals surface area contributed by atoms with E-state index in [0.29, 0.717) is 0 Å². The van der Waals surface area contributed by atoms with Gasteiger partial charge in [-0.3, -0.25) is 9.79 Å². The van der Waals surface area contributed by atoms with Crippen LogP contribution in [0.3, 0.4) is 0 Å². The summed E-state index contributed by atoms with van der Waals surface area (Å²) in [5.41, 5.74) is 0.832. The first-order chi connectivity index (χ1) is 4.63. The summed E-state index contributed by atoms with van der Waals surface area (Å²) in [6.07, 6.45) is 1.68. The number of halogens is 2.